The zero-order chi connectivity index (χ0) is 16.6. The number of benzene rings is 2. The number of carboxylic acids is 1. The van der Waals surface area contributed by atoms with Crippen molar-refractivity contribution in [3.8, 4) is 0 Å². The first-order valence-corrected chi connectivity index (χ1v) is 6.93. The molecule has 1 unspecified atom stereocenters. The molecule has 2 aromatic carbocycles. The summed E-state index contributed by atoms with van der Waals surface area (Å²) in [6.07, 6.45) is 0.0190. The van der Waals surface area contributed by atoms with E-state index in [4.69, 9.17) is 0 Å². The van der Waals surface area contributed by atoms with Crippen LogP contribution in [0.4, 0.5) is 10.1 Å². The van der Waals surface area contributed by atoms with Gasteiger partial charge >= 0.3 is 5.97 Å². The van der Waals surface area contributed by atoms with E-state index in [2.05, 4.69) is 0 Å². The number of fused-ring (bicyclic) bond motifs is 1. The highest BCUT2D eigenvalue weighted by molar-refractivity contribution is 6.52. The largest absolute Gasteiger partial charge is 0.480 e. The number of Topliss-reactive ketones (excluding diaryl/α,β-unsaturated/α-hetero) is 1. The molecule has 2 aromatic rings. The molecule has 0 spiro atoms. The highest BCUT2D eigenvalue weighted by Gasteiger charge is 2.42. The van der Waals surface area contributed by atoms with Gasteiger partial charge in [-0.2, -0.15) is 0 Å². The van der Waals surface area contributed by atoms with Crippen molar-refractivity contribution in [3.05, 3.63) is 65.5 Å². The van der Waals surface area contributed by atoms with Gasteiger partial charge in [-0.1, -0.05) is 30.3 Å². The van der Waals surface area contributed by atoms with Crippen LogP contribution in [-0.2, 0) is 16.0 Å². The molecular weight excluding hydrogens is 301 g/mol. The first-order chi connectivity index (χ1) is 11.0. The molecule has 5 nitrogen and oxygen atoms in total. The van der Waals surface area contributed by atoms with E-state index >= 15 is 0 Å². The maximum absolute atomic E-state index is 13.5. The van der Waals surface area contributed by atoms with Crippen LogP contribution in [0.2, 0.25) is 0 Å². The number of ketones is 1. The number of halogens is 1. The van der Waals surface area contributed by atoms with Gasteiger partial charge in [0.2, 0.25) is 0 Å². The van der Waals surface area contributed by atoms with E-state index in [0.29, 0.717) is 5.56 Å². The van der Waals surface area contributed by atoms with E-state index in [0.717, 1.165) is 17.0 Å². The quantitative estimate of drug-likeness (QED) is 0.877. The van der Waals surface area contributed by atoms with Gasteiger partial charge in [-0.05, 0) is 23.8 Å². The second-order valence-corrected chi connectivity index (χ2v) is 5.21. The van der Waals surface area contributed by atoms with Gasteiger partial charge in [-0.3, -0.25) is 14.5 Å². The van der Waals surface area contributed by atoms with E-state index in [9.17, 15) is 23.9 Å². The second kappa shape index (κ2) is 5.64. The predicted octanol–water partition coefficient (Wildman–Crippen LogP) is 2.05. The number of amides is 1. The van der Waals surface area contributed by atoms with Crippen molar-refractivity contribution in [1.82, 2.24) is 0 Å². The molecule has 0 saturated heterocycles. The maximum Gasteiger partial charge on any atom is 0.327 e. The average Bonchev–Trinajstić information content (AvgIpc) is 2.77. The van der Waals surface area contributed by atoms with Crippen LogP contribution in [-0.4, -0.2) is 28.8 Å². The minimum atomic E-state index is -1.28. The van der Waals surface area contributed by atoms with Crippen LogP contribution >= 0.6 is 0 Å². The third-order valence-electron chi connectivity index (χ3n) is 3.75. The highest BCUT2D eigenvalue weighted by Crippen LogP contribution is 2.32. The molecule has 1 heterocycles. The number of hydrogen-bond donors (Lipinski definition) is 1. The van der Waals surface area contributed by atoms with Crippen LogP contribution in [0, 0.1) is 5.82 Å². The molecule has 0 radical (unpaired) electrons. The Morgan fingerprint density at radius 1 is 1.13 bits per heavy atom. The predicted molar refractivity (Wildman–Crippen MR) is 79.8 cm³/mol. The smallest absolute Gasteiger partial charge is 0.327 e. The molecule has 23 heavy (non-hydrogen) atoms. The first kappa shape index (κ1) is 14.9. The van der Waals surface area contributed by atoms with Crippen LogP contribution in [0.3, 0.4) is 0 Å². The molecule has 0 saturated carbocycles. The average molecular weight is 313 g/mol. The lowest BCUT2D eigenvalue weighted by Crippen LogP contribution is -2.46. The Morgan fingerprint density at radius 2 is 1.83 bits per heavy atom. The number of anilines is 1. The Kier molecular flexibility index (Phi) is 3.65. The van der Waals surface area contributed by atoms with Crippen LogP contribution < -0.4 is 4.90 Å². The zero-order valence-electron chi connectivity index (χ0n) is 11.9. The molecule has 1 aliphatic heterocycles. The maximum atomic E-state index is 13.5. The van der Waals surface area contributed by atoms with Crippen molar-refractivity contribution in [1.29, 1.82) is 0 Å². The monoisotopic (exact) mass is 313 g/mol. The summed E-state index contributed by atoms with van der Waals surface area (Å²) in [5, 5.41) is 9.49. The van der Waals surface area contributed by atoms with Gasteiger partial charge in [0.1, 0.15) is 11.9 Å². The van der Waals surface area contributed by atoms with Crippen molar-refractivity contribution in [2.24, 2.45) is 0 Å². The molecule has 1 atom stereocenters. The third kappa shape index (κ3) is 2.59. The Balaban J connectivity index is 2.04. The fourth-order valence-electron chi connectivity index (χ4n) is 2.67. The number of carboxylic acid groups (broad SMARTS) is 1. The molecular formula is C17H12FNO4. The summed E-state index contributed by atoms with van der Waals surface area (Å²) in [6, 6.07) is 10.7. The van der Waals surface area contributed by atoms with Gasteiger partial charge in [0.05, 0.1) is 11.3 Å². The fraction of sp³-hybridized carbons (Fsp3) is 0.118. The fourth-order valence-corrected chi connectivity index (χ4v) is 2.67. The summed E-state index contributed by atoms with van der Waals surface area (Å²) in [5.74, 6) is -3.67. The second-order valence-electron chi connectivity index (χ2n) is 5.21. The minimum absolute atomic E-state index is 0.00308. The molecule has 1 aliphatic rings. The van der Waals surface area contributed by atoms with E-state index in [1.165, 1.54) is 6.07 Å². The van der Waals surface area contributed by atoms with Gasteiger partial charge in [0.25, 0.3) is 11.7 Å². The van der Waals surface area contributed by atoms with Crippen molar-refractivity contribution in [2.75, 3.05) is 4.90 Å². The van der Waals surface area contributed by atoms with E-state index < -0.39 is 29.5 Å². The van der Waals surface area contributed by atoms with Crippen molar-refractivity contribution in [3.63, 3.8) is 0 Å². The van der Waals surface area contributed by atoms with E-state index in [-0.39, 0.29) is 17.7 Å². The van der Waals surface area contributed by atoms with Gasteiger partial charge in [-0.15, -0.1) is 0 Å². The van der Waals surface area contributed by atoms with Crippen LogP contribution in [0.5, 0.6) is 0 Å². The summed E-state index contributed by atoms with van der Waals surface area (Å²) >= 11 is 0. The molecule has 1 amide bonds. The van der Waals surface area contributed by atoms with Crippen LogP contribution in [0.25, 0.3) is 0 Å². The molecule has 0 bridgehead atoms. The standard InChI is InChI=1S/C17H12FNO4/c18-11-6-7-12-13(9-11)19(16(21)15(12)20)14(17(22)23)8-10-4-2-1-3-5-10/h1-7,9,14H,8H2,(H,22,23). The number of carbonyl (C=O) groups is 3. The van der Waals surface area contributed by atoms with Gasteiger partial charge in [0, 0.05) is 6.42 Å². The Labute approximate surface area is 131 Å². The zero-order valence-corrected chi connectivity index (χ0v) is 11.9. The summed E-state index contributed by atoms with van der Waals surface area (Å²) in [7, 11) is 0. The molecule has 6 heteroatoms. The van der Waals surface area contributed by atoms with Crippen molar-refractivity contribution < 1.29 is 23.9 Å². The van der Waals surface area contributed by atoms with Gasteiger partial charge in [-0.25, -0.2) is 9.18 Å². The lowest BCUT2D eigenvalue weighted by molar-refractivity contribution is -0.139. The lowest BCUT2D eigenvalue weighted by atomic mass is 10.0. The Hall–Kier alpha value is -3.02. The molecule has 0 aliphatic carbocycles. The lowest BCUT2D eigenvalue weighted by Gasteiger charge is -2.24. The Morgan fingerprint density at radius 3 is 2.48 bits per heavy atom. The summed E-state index contributed by atoms with van der Waals surface area (Å²) in [4.78, 5) is 36.7. The van der Waals surface area contributed by atoms with Crippen LogP contribution in [0.15, 0.2) is 48.5 Å². The first-order valence-electron chi connectivity index (χ1n) is 6.93. The van der Waals surface area contributed by atoms with Crippen molar-refractivity contribution in [2.45, 2.75) is 12.5 Å². The van der Waals surface area contributed by atoms with Gasteiger partial charge < -0.3 is 5.11 Å². The Bertz CT molecular complexity index is 803. The number of hydrogen-bond acceptors (Lipinski definition) is 3. The third-order valence-corrected chi connectivity index (χ3v) is 3.75. The normalized spacial score (nSPS) is 14.7. The number of nitrogens with zero attached hydrogens (tertiary/aromatic N) is 1. The van der Waals surface area contributed by atoms with E-state index in [1.54, 1.807) is 30.3 Å². The summed E-state index contributed by atoms with van der Waals surface area (Å²) in [6.45, 7) is 0. The molecule has 1 N–H and O–H groups in total. The molecule has 0 aromatic heterocycles. The van der Waals surface area contributed by atoms with Crippen LogP contribution in [0.1, 0.15) is 15.9 Å². The molecule has 116 valence electrons. The molecule has 0 fully saturated rings. The number of carbonyl (C=O) groups excluding carboxylic acids is 2. The number of aliphatic carboxylic acids is 1. The minimum Gasteiger partial charge on any atom is -0.480 e. The highest BCUT2D eigenvalue weighted by atomic mass is 19.1. The van der Waals surface area contributed by atoms with E-state index in [1.807, 2.05) is 0 Å². The summed E-state index contributed by atoms with van der Waals surface area (Å²) in [5.41, 5.74) is 0.726. The molecule has 3 rings (SSSR count). The summed E-state index contributed by atoms with van der Waals surface area (Å²) < 4.78 is 13.5. The van der Waals surface area contributed by atoms with Gasteiger partial charge in [0.15, 0.2) is 0 Å². The van der Waals surface area contributed by atoms with Crippen molar-refractivity contribution >= 4 is 23.3 Å². The topological polar surface area (TPSA) is 74.7 Å². The SMILES string of the molecule is O=C1C(=O)N(C(Cc2ccccc2)C(=O)O)c2cc(F)ccc21. The number of rotatable bonds is 4.